The molecule has 1 aromatic heterocycles. The van der Waals surface area contributed by atoms with E-state index in [0.29, 0.717) is 11.8 Å². The van der Waals surface area contributed by atoms with Gasteiger partial charge in [0.05, 0.1) is 5.25 Å². The van der Waals surface area contributed by atoms with Gasteiger partial charge in [-0.25, -0.2) is 4.98 Å². The number of hydrogen-bond acceptors (Lipinski definition) is 5. The van der Waals surface area contributed by atoms with Gasteiger partial charge in [0, 0.05) is 36.3 Å². The second-order valence-corrected chi connectivity index (χ2v) is 8.51. The number of nitrogens with zero attached hydrogens (tertiary/aromatic N) is 2. The molecule has 0 radical (unpaired) electrons. The van der Waals surface area contributed by atoms with Crippen LogP contribution in [0.2, 0.25) is 0 Å². The zero-order chi connectivity index (χ0) is 15.6. The van der Waals surface area contributed by atoms with E-state index < -0.39 is 0 Å². The van der Waals surface area contributed by atoms with E-state index in [0.717, 1.165) is 54.4 Å². The van der Waals surface area contributed by atoms with Gasteiger partial charge < -0.3 is 9.32 Å². The number of fused-ring (bicyclic) bond motifs is 1. The summed E-state index contributed by atoms with van der Waals surface area (Å²) in [7, 11) is 0. The quantitative estimate of drug-likeness (QED) is 0.832. The summed E-state index contributed by atoms with van der Waals surface area (Å²) in [5.74, 6) is 4.74. The van der Waals surface area contributed by atoms with E-state index in [9.17, 15) is 4.79 Å². The van der Waals surface area contributed by atoms with Crippen LogP contribution in [0.1, 0.15) is 24.7 Å². The van der Waals surface area contributed by atoms with Gasteiger partial charge in [0.15, 0.2) is 11.5 Å². The van der Waals surface area contributed by atoms with Crippen molar-refractivity contribution in [1.29, 1.82) is 0 Å². The third-order valence-corrected chi connectivity index (χ3v) is 7.30. The van der Waals surface area contributed by atoms with Gasteiger partial charge >= 0.3 is 0 Å². The van der Waals surface area contributed by atoms with E-state index >= 15 is 0 Å². The standard InChI is InChI=1S/C17H20N2O2S2/c20-17(15-11-22-9-10-23-15)19-7-5-12(6-8-19)16-18-13-3-1-2-4-14(13)21-16/h1-4,12,15H,5-11H2/t15-/m1/s1. The van der Waals surface area contributed by atoms with E-state index in [1.165, 1.54) is 5.75 Å². The van der Waals surface area contributed by atoms with Crippen molar-refractivity contribution >= 4 is 40.5 Å². The van der Waals surface area contributed by atoms with Gasteiger partial charge in [-0.05, 0) is 25.0 Å². The van der Waals surface area contributed by atoms with Gasteiger partial charge in [0.2, 0.25) is 5.91 Å². The Balaban J connectivity index is 1.39. The molecule has 2 aliphatic heterocycles. The predicted molar refractivity (Wildman–Crippen MR) is 96.1 cm³/mol. The zero-order valence-electron chi connectivity index (χ0n) is 12.9. The minimum absolute atomic E-state index is 0.162. The molecule has 4 nitrogen and oxygen atoms in total. The molecule has 2 aliphatic rings. The number of para-hydroxylation sites is 2. The lowest BCUT2D eigenvalue weighted by molar-refractivity contribution is -0.131. The molecule has 1 aromatic carbocycles. The number of rotatable bonds is 2. The Morgan fingerprint density at radius 2 is 2.04 bits per heavy atom. The molecule has 2 fully saturated rings. The smallest absolute Gasteiger partial charge is 0.236 e. The largest absolute Gasteiger partial charge is 0.440 e. The van der Waals surface area contributed by atoms with Crippen LogP contribution in [0.5, 0.6) is 0 Å². The van der Waals surface area contributed by atoms with Crippen molar-refractivity contribution in [3.63, 3.8) is 0 Å². The Morgan fingerprint density at radius 3 is 2.78 bits per heavy atom. The van der Waals surface area contributed by atoms with E-state index in [1.807, 2.05) is 52.7 Å². The third kappa shape index (κ3) is 3.24. The van der Waals surface area contributed by atoms with Crippen molar-refractivity contribution in [1.82, 2.24) is 9.88 Å². The number of carbonyl (C=O) groups excluding carboxylic acids is 1. The summed E-state index contributed by atoms with van der Waals surface area (Å²) in [4.78, 5) is 19.3. The molecule has 23 heavy (non-hydrogen) atoms. The van der Waals surface area contributed by atoms with Crippen molar-refractivity contribution in [2.45, 2.75) is 24.0 Å². The molecular formula is C17H20N2O2S2. The van der Waals surface area contributed by atoms with E-state index in [-0.39, 0.29) is 5.25 Å². The first kappa shape index (κ1) is 15.4. The number of carbonyl (C=O) groups is 1. The molecule has 4 rings (SSSR count). The van der Waals surface area contributed by atoms with Crippen LogP contribution < -0.4 is 0 Å². The van der Waals surface area contributed by atoms with Crippen LogP contribution in [0.4, 0.5) is 0 Å². The normalized spacial score (nSPS) is 23.3. The first-order valence-electron chi connectivity index (χ1n) is 8.15. The van der Waals surface area contributed by atoms with E-state index in [4.69, 9.17) is 4.42 Å². The highest BCUT2D eigenvalue weighted by Gasteiger charge is 2.31. The monoisotopic (exact) mass is 348 g/mol. The Hall–Kier alpha value is -1.14. The molecule has 0 spiro atoms. The summed E-state index contributed by atoms with van der Waals surface area (Å²) in [5.41, 5.74) is 1.79. The van der Waals surface area contributed by atoms with Gasteiger partial charge in [-0.3, -0.25) is 4.79 Å². The number of benzene rings is 1. The number of aromatic nitrogens is 1. The highest BCUT2D eigenvalue weighted by atomic mass is 32.2. The molecule has 1 atom stereocenters. The number of hydrogen-bond donors (Lipinski definition) is 0. The van der Waals surface area contributed by atoms with Gasteiger partial charge in [-0.1, -0.05) is 12.1 Å². The molecule has 3 heterocycles. The van der Waals surface area contributed by atoms with Crippen LogP contribution in [-0.2, 0) is 4.79 Å². The van der Waals surface area contributed by atoms with Crippen LogP contribution in [0.15, 0.2) is 28.7 Å². The molecule has 0 aliphatic carbocycles. The number of amides is 1. The van der Waals surface area contributed by atoms with E-state index in [2.05, 4.69) is 4.98 Å². The van der Waals surface area contributed by atoms with Crippen molar-refractivity contribution in [2.75, 3.05) is 30.3 Å². The maximum absolute atomic E-state index is 12.6. The predicted octanol–water partition coefficient (Wildman–Crippen LogP) is 3.38. The molecule has 0 N–H and O–H groups in total. The SMILES string of the molecule is O=C([C@H]1CSCCS1)N1CCC(c2nc3ccccc3o2)CC1. The second kappa shape index (κ2) is 6.77. The summed E-state index contributed by atoms with van der Waals surface area (Å²) >= 11 is 3.72. The molecule has 0 unspecified atom stereocenters. The topological polar surface area (TPSA) is 46.3 Å². The van der Waals surface area contributed by atoms with E-state index in [1.54, 1.807) is 0 Å². The molecule has 0 bridgehead atoms. The highest BCUT2D eigenvalue weighted by molar-refractivity contribution is 8.07. The van der Waals surface area contributed by atoms with Gasteiger partial charge in [-0.15, -0.1) is 11.8 Å². The third-order valence-electron chi connectivity index (χ3n) is 4.56. The molecule has 1 amide bonds. The van der Waals surface area contributed by atoms with Crippen LogP contribution in [0, 0.1) is 0 Å². The zero-order valence-corrected chi connectivity index (χ0v) is 14.6. The van der Waals surface area contributed by atoms with Crippen molar-refractivity contribution in [3.05, 3.63) is 30.2 Å². The first-order chi connectivity index (χ1) is 11.3. The van der Waals surface area contributed by atoms with Crippen LogP contribution in [0.25, 0.3) is 11.1 Å². The fourth-order valence-electron chi connectivity index (χ4n) is 3.25. The first-order valence-corrected chi connectivity index (χ1v) is 10.4. The van der Waals surface area contributed by atoms with Crippen LogP contribution in [0.3, 0.4) is 0 Å². The molecule has 2 saturated heterocycles. The van der Waals surface area contributed by atoms with Gasteiger partial charge in [-0.2, -0.15) is 11.8 Å². The average molecular weight is 348 g/mol. The summed E-state index contributed by atoms with van der Waals surface area (Å²) < 4.78 is 5.90. The maximum atomic E-state index is 12.6. The van der Waals surface area contributed by atoms with Gasteiger partial charge in [0.1, 0.15) is 5.52 Å². The summed E-state index contributed by atoms with van der Waals surface area (Å²) in [6.45, 7) is 1.65. The molecule has 6 heteroatoms. The number of oxazole rings is 1. The lowest BCUT2D eigenvalue weighted by atomic mass is 9.96. The minimum Gasteiger partial charge on any atom is -0.440 e. The Labute approximate surface area is 144 Å². The fraction of sp³-hybridized carbons (Fsp3) is 0.529. The van der Waals surface area contributed by atoms with Crippen LogP contribution >= 0.6 is 23.5 Å². The number of thioether (sulfide) groups is 2. The highest BCUT2D eigenvalue weighted by Crippen LogP contribution is 2.32. The molecule has 2 aromatic rings. The number of likely N-dealkylation sites (tertiary alicyclic amines) is 1. The average Bonchev–Trinajstić information content (AvgIpc) is 3.06. The Kier molecular flexibility index (Phi) is 4.53. The van der Waals surface area contributed by atoms with Crippen molar-refractivity contribution < 1.29 is 9.21 Å². The van der Waals surface area contributed by atoms with Crippen LogP contribution in [-0.4, -0.2) is 51.4 Å². The van der Waals surface area contributed by atoms with Gasteiger partial charge in [0.25, 0.3) is 0 Å². The lowest BCUT2D eigenvalue weighted by Crippen LogP contribution is -2.44. The molecule has 122 valence electrons. The Bertz CT molecular complexity index is 656. The second-order valence-electron chi connectivity index (χ2n) is 6.05. The maximum Gasteiger partial charge on any atom is 0.236 e. The number of piperidine rings is 1. The molecule has 0 saturated carbocycles. The van der Waals surface area contributed by atoms with Crippen molar-refractivity contribution in [3.8, 4) is 0 Å². The molecular weight excluding hydrogens is 328 g/mol. The fourth-order valence-corrected chi connectivity index (χ4v) is 5.87. The minimum atomic E-state index is 0.162. The summed E-state index contributed by atoms with van der Waals surface area (Å²) in [6.07, 6.45) is 1.90. The Morgan fingerprint density at radius 1 is 1.22 bits per heavy atom. The lowest BCUT2D eigenvalue weighted by Gasteiger charge is -2.33. The van der Waals surface area contributed by atoms with Crippen molar-refractivity contribution in [2.24, 2.45) is 0 Å². The summed E-state index contributed by atoms with van der Waals surface area (Å²) in [6, 6.07) is 7.90. The summed E-state index contributed by atoms with van der Waals surface area (Å²) in [5, 5.41) is 0.162.